The molecule has 1 aliphatic heterocycles. The highest BCUT2D eigenvalue weighted by Crippen LogP contribution is 2.30. The van der Waals surface area contributed by atoms with Crippen LogP contribution in [0.5, 0.6) is 0 Å². The molecule has 3 rings (SSSR count). The van der Waals surface area contributed by atoms with Gasteiger partial charge in [-0.25, -0.2) is 0 Å². The third kappa shape index (κ3) is 5.10. The fourth-order valence-electron chi connectivity index (χ4n) is 3.02. The summed E-state index contributed by atoms with van der Waals surface area (Å²) in [4.78, 5) is 26.2. The molecule has 1 unspecified atom stereocenters. The summed E-state index contributed by atoms with van der Waals surface area (Å²) in [5.41, 5.74) is 0.230. The van der Waals surface area contributed by atoms with Gasteiger partial charge in [-0.3, -0.25) is 14.5 Å². The van der Waals surface area contributed by atoms with E-state index in [2.05, 4.69) is 20.3 Å². The molecular formula is C18H19F3N4O3. The first kappa shape index (κ1) is 19.9. The number of nitrogens with one attached hydrogen (secondary N) is 2. The minimum absolute atomic E-state index is 0.108. The highest BCUT2D eigenvalue weighted by atomic mass is 19.4. The van der Waals surface area contributed by atoms with Gasteiger partial charge in [0.1, 0.15) is 12.0 Å². The van der Waals surface area contributed by atoms with Crippen molar-refractivity contribution in [2.75, 3.05) is 13.1 Å². The molecule has 0 saturated carbocycles. The number of hydrogen-bond donors (Lipinski definition) is 2. The van der Waals surface area contributed by atoms with Crippen LogP contribution in [0, 0.1) is 0 Å². The van der Waals surface area contributed by atoms with Crippen molar-refractivity contribution in [3.8, 4) is 0 Å². The van der Waals surface area contributed by atoms with Gasteiger partial charge in [-0.05, 0) is 11.6 Å². The number of amides is 2. The van der Waals surface area contributed by atoms with Crippen molar-refractivity contribution < 1.29 is 27.3 Å². The van der Waals surface area contributed by atoms with E-state index in [-0.39, 0.29) is 31.3 Å². The molecule has 0 radical (unpaired) electrons. The van der Waals surface area contributed by atoms with Crippen LogP contribution in [-0.4, -0.2) is 41.0 Å². The average Bonchev–Trinajstić information content (AvgIpc) is 3.16. The third-order valence-corrected chi connectivity index (χ3v) is 4.42. The summed E-state index contributed by atoms with van der Waals surface area (Å²) >= 11 is 0. The lowest BCUT2D eigenvalue weighted by Gasteiger charge is -2.34. The van der Waals surface area contributed by atoms with Crippen LogP contribution >= 0.6 is 0 Å². The summed E-state index contributed by atoms with van der Waals surface area (Å²) in [6.07, 6.45) is -3.16. The van der Waals surface area contributed by atoms with E-state index in [1.54, 1.807) is 17.0 Å². The van der Waals surface area contributed by atoms with Gasteiger partial charge in [0, 0.05) is 25.7 Å². The number of benzene rings is 1. The average molecular weight is 396 g/mol. The Bertz CT molecular complexity index is 824. The lowest BCUT2D eigenvalue weighted by atomic mass is 10.0. The predicted molar refractivity (Wildman–Crippen MR) is 91.6 cm³/mol. The van der Waals surface area contributed by atoms with E-state index in [0.29, 0.717) is 24.3 Å². The Morgan fingerprint density at radius 2 is 2.18 bits per heavy atom. The minimum atomic E-state index is -4.43. The Hall–Kier alpha value is -2.88. The number of aromatic nitrogens is 1. The molecule has 10 heteroatoms. The van der Waals surface area contributed by atoms with Crippen molar-refractivity contribution in [3.63, 3.8) is 0 Å². The maximum Gasteiger partial charge on any atom is 0.416 e. The summed E-state index contributed by atoms with van der Waals surface area (Å²) in [6, 6.07) is 5.81. The van der Waals surface area contributed by atoms with Crippen LogP contribution < -0.4 is 10.6 Å². The zero-order valence-electron chi connectivity index (χ0n) is 14.8. The van der Waals surface area contributed by atoms with Crippen molar-refractivity contribution in [2.24, 2.45) is 0 Å². The Morgan fingerprint density at radius 1 is 1.36 bits per heavy atom. The molecule has 150 valence electrons. The molecule has 0 spiro atoms. The Balaban J connectivity index is 1.65. The lowest BCUT2D eigenvalue weighted by molar-refractivity contribution is -0.137. The number of piperazine rings is 1. The van der Waals surface area contributed by atoms with Crippen molar-refractivity contribution >= 4 is 11.8 Å². The van der Waals surface area contributed by atoms with Crippen LogP contribution in [0.15, 0.2) is 41.1 Å². The largest absolute Gasteiger partial charge is 0.416 e. The molecule has 2 N–H and O–H groups in total. The highest BCUT2D eigenvalue weighted by Gasteiger charge is 2.33. The molecule has 1 aliphatic rings. The molecule has 0 aliphatic carbocycles. The second-order valence-corrected chi connectivity index (χ2v) is 6.45. The second-order valence-electron chi connectivity index (χ2n) is 6.45. The van der Waals surface area contributed by atoms with E-state index < -0.39 is 17.8 Å². The number of nitrogens with zero attached hydrogens (tertiary/aromatic N) is 2. The van der Waals surface area contributed by atoms with E-state index in [9.17, 15) is 22.8 Å². The van der Waals surface area contributed by atoms with Gasteiger partial charge in [-0.1, -0.05) is 23.4 Å². The predicted octanol–water partition coefficient (Wildman–Crippen LogP) is 1.70. The fourth-order valence-corrected chi connectivity index (χ4v) is 3.02. The molecule has 28 heavy (non-hydrogen) atoms. The van der Waals surface area contributed by atoms with E-state index in [0.717, 1.165) is 12.1 Å². The number of alkyl halides is 3. The molecule has 1 saturated heterocycles. The van der Waals surface area contributed by atoms with Gasteiger partial charge in [-0.15, -0.1) is 0 Å². The Morgan fingerprint density at radius 3 is 2.89 bits per heavy atom. The van der Waals surface area contributed by atoms with Gasteiger partial charge < -0.3 is 15.2 Å². The monoisotopic (exact) mass is 396 g/mol. The molecular weight excluding hydrogens is 377 g/mol. The number of carbonyl (C=O) groups is 2. The number of carbonyl (C=O) groups excluding carboxylic acids is 2. The standard InChI is InChI=1S/C18H19F3N4O3/c19-18(20,21)13-3-1-2-12(8-13)11-25-6-5-22-17(27)15(25)9-16(26)23-10-14-4-7-28-24-14/h1-4,7-8,15H,5-6,9-11H2,(H,22,27)(H,23,26). The van der Waals surface area contributed by atoms with Crippen LogP contribution in [0.1, 0.15) is 23.2 Å². The van der Waals surface area contributed by atoms with Crippen molar-refractivity contribution in [2.45, 2.75) is 31.7 Å². The fraction of sp³-hybridized carbons (Fsp3) is 0.389. The van der Waals surface area contributed by atoms with Gasteiger partial charge in [0.25, 0.3) is 0 Å². The van der Waals surface area contributed by atoms with E-state index in [4.69, 9.17) is 0 Å². The molecule has 2 heterocycles. The number of rotatable bonds is 6. The Kier molecular flexibility index (Phi) is 5.98. The molecule has 1 atom stereocenters. The SMILES string of the molecule is O=C(CC1C(=O)NCCN1Cc1cccc(C(F)(F)F)c1)NCc1ccon1. The quantitative estimate of drug-likeness (QED) is 0.776. The maximum absolute atomic E-state index is 12.9. The zero-order valence-corrected chi connectivity index (χ0v) is 14.8. The van der Waals surface area contributed by atoms with Gasteiger partial charge in [0.15, 0.2) is 0 Å². The summed E-state index contributed by atoms with van der Waals surface area (Å²) in [6.45, 7) is 1.11. The maximum atomic E-state index is 12.9. The molecule has 2 amide bonds. The van der Waals surface area contributed by atoms with Gasteiger partial charge in [0.2, 0.25) is 11.8 Å². The molecule has 2 aromatic rings. The normalized spacial score (nSPS) is 18.0. The number of halogens is 3. The minimum Gasteiger partial charge on any atom is -0.364 e. The first-order valence-electron chi connectivity index (χ1n) is 8.67. The summed E-state index contributed by atoms with van der Waals surface area (Å²) in [5.74, 6) is -0.686. The summed E-state index contributed by atoms with van der Waals surface area (Å²) in [5, 5.41) is 9.02. The number of hydrogen-bond acceptors (Lipinski definition) is 5. The first-order valence-corrected chi connectivity index (χ1v) is 8.67. The van der Waals surface area contributed by atoms with E-state index in [1.165, 1.54) is 12.3 Å². The topological polar surface area (TPSA) is 87.5 Å². The van der Waals surface area contributed by atoms with Crippen molar-refractivity contribution in [1.29, 1.82) is 0 Å². The molecule has 1 aromatic heterocycles. The zero-order chi connectivity index (χ0) is 20.1. The first-order chi connectivity index (χ1) is 13.3. The smallest absolute Gasteiger partial charge is 0.364 e. The van der Waals surface area contributed by atoms with Gasteiger partial charge >= 0.3 is 6.18 Å². The molecule has 0 bridgehead atoms. The van der Waals surface area contributed by atoms with E-state index in [1.807, 2.05) is 0 Å². The molecule has 1 aromatic carbocycles. The molecule has 7 nitrogen and oxygen atoms in total. The van der Waals surface area contributed by atoms with Crippen LogP contribution in [0.2, 0.25) is 0 Å². The van der Waals surface area contributed by atoms with E-state index >= 15 is 0 Å². The molecule has 1 fully saturated rings. The van der Waals surface area contributed by atoms with Crippen LogP contribution in [0.3, 0.4) is 0 Å². The van der Waals surface area contributed by atoms with Crippen molar-refractivity contribution in [1.82, 2.24) is 20.7 Å². The summed E-state index contributed by atoms with van der Waals surface area (Å²) in [7, 11) is 0. The van der Waals surface area contributed by atoms with Gasteiger partial charge in [0.05, 0.1) is 24.6 Å². The second kappa shape index (κ2) is 8.42. The van der Waals surface area contributed by atoms with Crippen molar-refractivity contribution in [3.05, 3.63) is 53.4 Å². The lowest BCUT2D eigenvalue weighted by Crippen LogP contribution is -2.56. The third-order valence-electron chi connectivity index (χ3n) is 4.42. The van der Waals surface area contributed by atoms with Crippen LogP contribution in [-0.2, 0) is 28.9 Å². The van der Waals surface area contributed by atoms with Crippen LogP contribution in [0.25, 0.3) is 0 Å². The summed E-state index contributed by atoms with van der Waals surface area (Å²) < 4.78 is 43.4. The Labute approximate surface area is 158 Å². The highest BCUT2D eigenvalue weighted by molar-refractivity contribution is 5.88. The van der Waals surface area contributed by atoms with Crippen LogP contribution in [0.4, 0.5) is 13.2 Å². The van der Waals surface area contributed by atoms with Gasteiger partial charge in [-0.2, -0.15) is 13.2 Å².